The number of halogens is 2. The maximum absolute atomic E-state index is 12.1. The number of benzene rings is 1. The second-order valence-corrected chi connectivity index (χ2v) is 5.29. The molecular weight excluding hydrogens is 360 g/mol. The number of tetrazole rings is 1. The Kier molecular flexibility index (Phi) is 5.40. The summed E-state index contributed by atoms with van der Waals surface area (Å²) in [5.74, 6) is -1.89. The molecule has 27 heavy (non-hydrogen) atoms. The van der Waals surface area contributed by atoms with Crippen molar-refractivity contribution >= 4 is 11.8 Å². The minimum Gasteiger partial charge on any atom is -0.267 e. The second kappa shape index (κ2) is 8.08. The van der Waals surface area contributed by atoms with Gasteiger partial charge in [-0.3, -0.25) is 25.4 Å². The molecule has 0 radical (unpaired) electrons. The molecule has 0 saturated carbocycles. The number of aromatic nitrogens is 5. The number of hydrazine groups is 1. The molecule has 2 N–H and O–H groups in total. The second-order valence-electron chi connectivity index (χ2n) is 5.29. The number of nitrogens with zero attached hydrogens (tertiary/aromatic N) is 5. The lowest BCUT2D eigenvalue weighted by Crippen LogP contribution is -2.44. The van der Waals surface area contributed by atoms with Crippen molar-refractivity contribution in [2.45, 2.75) is 13.0 Å². The van der Waals surface area contributed by atoms with E-state index in [0.29, 0.717) is 11.5 Å². The van der Waals surface area contributed by atoms with Crippen LogP contribution in [-0.2, 0) is 11.3 Å². The monoisotopic (exact) mass is 373 g/mol. The van der Waals surface area contributed by atoms with Gasteiger partial charge < -0.3 is 0 Å². The predicted octanol–water partition coefficient (Wildman–Crippen LogP) is 0.809. The summed E-state index contributed by atoms with van der Waals surface area (Å²) in [7, 11) is 0. The van der Waals surface area contributed by atoms with Gasteiger partial charge in [0, 0.05) is 11.8 Å². The Balaban J connectivity index is 1.60. The summed E-state index contributed by atoms with van der Waals surface area (Å²) in [4.78, 5) is 27.9. The molecule has 0 aliphatic rings. The van der Waals surface area contributed by atoms with Gasteiger partial charge in [-0.2, -0.15) is 13.6 Å². The summed E-state index contributed by atoms with van der Waals surface area (Å²) in [6.45, 7) is 0.226. The normalized spacial score (nSPS) is 10.6. The molecular formula is C16H13F2N7O2. The third-order valence-corrected chi connectivity index (χ3v) is 3.37. The van der Waals surface area contributed by atoms with E-state index in [0.717, 1.165) is 5.56 Å². The predicted molar refractivity (Wildman–Crippen MR) is 88.2 cm³/mol. The van der Waals surface area contributed by atoms with E-state index in [-0.39, 0.29) is 12.1 Å². The Morgan fingerprint density at radius 3 is 2.52 bits per heavy atom. The van der Waals surface area contributed by atoms with Crippen molar-refractivity contribution in [3.8, 4) is 11.4 Å². The minimum absolute atomic E-state index is 0.0878. The molecule has 0 atom stereocenters. The van der Waals surface area contributed by atoms with Gasteiger partial charge in [0.15, 0.2) is 0 Å². The van der Waals surface area contributed by atoms with Crippen LogP contribution < -0.4 is 10.9 Å². The van der Waals surface area contributed by atoms with Gasteiger partial charge in [0.2, 0.25) is 5.82 Å². The van der Waals surface area contributed by atoms with Crippen molar-refractivity contribution in [3.05, 3.63) is 59.9 Å². The number of carbonyl (C=O) groups excluding carboxylic acids is 2. The van der Waals surface area contributed by atoms with E-state index in [4.69, 9.17) is 0 Å². The van der Waals surface area contributed by atoms with E-state index < -0.39 is 18.2 Å². The van der Waals surface area contributed by atoms with Crippen LogP contribution in [0, 0.1) is 0 Å². The molecule has 2 heterocycles. The van der Waals surface area contributed by atoms with Crippen LogP contribution in [0.5, 0.6) is 0 Å². The first-order chi connectivity index (χ1) is 13.0. The average Bonchev–Trinajstić information content (AvgIpc) is 3.15. The van der Waals surface area contributed by atoms with Gasteiger partial charge in [-0.05, 0) is 17.3 Å². The summed E-state index contributed by atoms with van der Waals surface area (Å²) in [6.07, 6.45) is -1.98. The third-order valence-electron chi connectivity index (χ3n) is 3.37. The highest BCUT2D eigenvalue weighted by atomic mass is 19.3. The fourth-order valence-electron chi connectivity index (χ4n) is 2.06. The summed E-state index contributed by atoms with van der Waals surface area (Å²) < 4.78 is 24.1. The van der Waals surface area contributed by atoms with E-state index in [1.165, 1.54) is 17.1 Å². The zero-order valence-corrected chi connectivity index (χ0v) is 13.7. The Labute approximate surface area is 151 Å². The van der Waals surface area contributed by atoms with E-state index in [2.05, 4.69) is 20.4 Å². The molecule has 0 saturated heterocycles. The van der Waals surface area contributed by atoms with E-state index in [1.807, 2.05) is 35.8 Å². The number of hydrogen-bond acceptors (Lipinski definition) is 6. The van der Waals surface area contributed by atoms with Crippen LogP contribution in [0.3, 0.4) is 0 Å². The van der Waals surface area contributed by atoms with Crippen molar-refractivity contribution in [1.82, 2.24) is 36.0 Å². The zero-order valence-electron chi connectivity index (χ0n) is 13.7. The Morgan fingerprint density at radius 2 is 1.85 bits per heavy atom. The first-order valence-electron chi connectivity index (χ1n) is 7.69. The van der Waals surface area contributed by atoms with Gasteiger partial charge in [0.1, 0.15) is 6.54 Å². The smallest absolute Gasteiger partial charge is 0.267 e. The van der Waals surface area contributed by atoms with Crippen molar-refractivity contribution in [1.29, 1.82) is 0 Å². The number of alkyl halides is 2. The van der Waals surface area contributed by atoms with Gasteiger partial charge >= 0.3 is 12.3 Å². The van der Waals surface area contributed by atoms with Crippen LogP contribution in [0.15, 0.2) is 48.7 Å². The standard InChI is InChI=1S/C16H13F2N7O2/c17-13(18)16(27)22-21-15(26)11-6-7-12(19-8-11)9-25-23-14(20-24-25)10-4-2-1-3-5-10/h1-8,13H,9H2,(H,21,26)(H,22,27). The molecule has 9 nitrogen and oxygen atoms in total. The first-order valence-corrected chi connectivity index (χ1v) is 7.69. The highest BCUT2D eigenvalue weighted by molar-refractivity contribution is 5.95. The van der Waals surface area contributed by atoms with Crippen LogP contribution in [0.4, 0.5) is 8.78 Å². The van der Waals surface area contributed by atoms with E-state index in [9.17, 15) is 18.4 Å². The van der Waals surface area contributed by atoms with Gasteiger partial charge in [-0.25, -0.2) is 0 Å². The van der Waals surface area contributed by atoms with Gasteiger partial charge in [-0.1, -0.05) is 30.3 Å². The number of amides is 2. The van der Waals surface area contributed by atoms with Gasteiger partial charge in [0.05, 0.1) is 11.3 Å². The van der Waals surface area contributed by atoms with Gasteiger partial charge in [0.25, 0.3) is 5.91 Å². The number of pyridine rings is 1. The Hall–Kier alpha value is -3.76. The molecule has 1 aromatic carbocycles. The van der Waals surface area contributed by atoms with Gasteiger partial charge in [-0.15, -0.1) is 10.2 Å². The van der Waals surface area contributed by atoms with E-state index >= 15 is 0 Å². The lowest BCUT2D eigenvalue weighted by Gasteiger charge is -2.06. The number of hydrogen-bond donors (Lipinski definition) is 2. The minimum atomic E-state index is -3.22. The summed E-state index contributed by atoms with van der Waals surface area (Å²) in [6, 6.07) is 12.3. The summed E-state index contributed by atoms with van der Waals surface area (Å²) in [5, 5.41) is 12.2. The molecule has 3 aromatic rings. The highest BCUT2D eigenvalue weighted by Crippen LogP contribution is 2.12. The number of carbonyl (C=O) groups is 2. The zero-order chi connectivity index (χ0) is 19.2. The molecule has 0 aliphatic carbocycles. The largest absolute Gasteiger partial charge is 0.317 e. The fourth-order valence-corrected chi connectivity index (χ4v) is 2.06. The fraction of sp³-hybridized carbons (Fsp3) is 0.125. The van der Waals surface area contributed by atoms with Crippen LogP contribution >= 0.6 is 0 Å². The average molecular weight is 373 g/mol. The van der Waals surface area contributed by atoms with Crippen molar-refractivity contribution in [2.75, 3.05) is 0 Å². The molecule has 2 aromatic heterocycles. The van der Waals surface area contributed by atoms with Crippen LogP contribution in [0.1, 0.15) is 16.1 Å². The third kappa shape index (κ3) is 4.66. The van der Waals surface area contributed by atoms with Crippen LogP contribution in [0.25, 0.3) is 11.4 Å². The molecule has 11 heteroatoms. The lowest BCUT2D eigenvalue weighted by molar-refractivity contribution is -0.132. The quantitative estimate of drug-likeness (QED) is 0.640. The highest BCUT2D eigenvalue weighted by Gasteiger charge is 2.16. The van der Waals surface area contributed by atoms with Crippen molar-refractivity contribution < 1.29 is 18.4 Å². The number of rotatable bonds is 5. The van der Waals surface area contributed by atoms with Crippen molar-refractivity contribution in [2.24, 2.45) is 0 Å². The van der Waals surface area contributed by atoms with Crippen LogP contribution in [0.2, 0.25) is 0 Å². The molecule has 3 rings (SSSR count). The Morgan fingerprint density at radius 1 is 1.07 bits per heavy atom. The maximum atomic E-state index is 12.1. The molecule has 0 aliphatic heterocycles. The molecule has 138 valence electrons. The topological polar surface area (TPSA) is 115 Å². The maximum Gasteiger partial charge on any atom is 0.317 e. The number of nitrogens with one attached hydrogen (secondary N) is 2. The molecule has 2 amide bonds. The summed E-state index contributed by atoms with van der Waals surface area (Å²) >= 11 is 0. The molecule has 0 fully saturated rings. The first kappa shape index (κ1) is 18.0. The molecule has 0 unspecified atom stereocenters. The lowest BCUT2D eigenvalue weighted by atomic mass is 10.2. The Bertz CT molecular complexity index is 929. The molecule has 0 spiro atoms. The van der Waals surface area contributed by atoms with E-state index in [1.54, 1.807) is 11.5 Å². The molecule has 0 bridgehead atoms. The summed E-state index contributed by atoms with van der Waals surface area (Å²) in [5.41, 5.74) is 4.95. The van der Waals surface area contributed by atoms with Crippen molar-refractivity contribution in [3.63, 3.8) is 0 Å². The van der Waals surface area contributed by atoms with Crippen LogP contribution in [-0.4, -0.2) is 43.4 Å². The SMILES string of the molecule is O=C(NNC(=O)C(F)F)c1ccc(Cn2nnc(-c3ccccc3)n2)nc1.